The monoisotopic (exact) mass is 253 g/mol. The predicted molar refractivity (Wildman–Crippen MR) is 70.1 cm³/mol. The van der Waals surface area contributed by atoms with Crippen molar-refractivity contribution in [3.05, 3.63) is 35.4 Å². The molecule has 0 amide bonds. The number of halogens is 2. The molecule has 3 heteroatoms. The van der Waals surface area contributed by atoms with Gasteiger partial charge in [0.1, 0.15) is 0 Å². The van der Waals surface area contributed by atoms with Crippen molar-refractivity contribution >= 4 is 0 Å². The standard InChI is InChI=1S/C15H21F2N/c16-15(17)9-8-12-4-6-13(7-5-12)11-14-3-1-2-10-18-14/h4-7,14-15,18H,1-3,8-11H2. The van der Waals surface area contributed by atoms with E-state index in [4.69, 9.17) is 0 Å². The molecule has 0 bridgehead atoms. The molecule has 1 saturated heterocycles. The highest BCUT2D eigenvalue weighted by molar-refractivity contribution is 5.23. The van der Waals surface area contributed by atoms with Gasteiger partial charge in [-0.1, -0.05) is 30.7 Å². The fourth-order valence-corrected chi connectivity index (χ4v) is 2.50. The molecule has 100 valence electrons. The minimum atomic E-state index is -2.20. The first-order chi connectivity index (χ1) is 8.74. The number of alkyl halides is 2. The van der Waals surface area contributed by atoms with Gasteiger partial charge in [0.2, 0.25) is 6.43 Å². The Morgan fingerprint density at radius 3 is 2.44 bits per heavy atom. The fourth-order valence-electron chi connectivity index (χ4n) is 2.50. The van der Waals surface area contributed by atoms with Crippen molar-refractivity contribution in [2.24, 2.45) is 0 Å². The van der Waals surface area contributed by atoms with Crippen LogP contribution in [0.2, 0.25) is 0 Å². The minimum Gasteiger partial charge on any atom is -0.314 e. The highest BCUT2D eigenvalue weighted by Crippen LogP contribution is 2.15. The number of piperidine rings is 1. The van der Waals surface area contributed by atoms with Crippen molar-refractivity contribution < 1.29 is 8.78 Å². The molecule has 1 aliphatic rings. The van der Waals surface area contributed by atoms with Gasteiger partial charge in [0, 0.05) is 12.5 Å². The molecule has 1 N–H and O–H groups in total. The zero-order valence-corrected chi connectivity index (χ0v) is 10.7. The highest BCUT2D eigenvalue weighted by atomic mass is 19.3. The van der Waals surface area contributed by atoms with Gasteiger partial charge in [0.15, 0.2) is 0 Å². The number of aryl methyl sites for hydroxylation is 1. The van der Waals surface area contributed by atoms with E-state index in [0.29, 0.717) is 12.5 Å². The molecule has 1 fully saturated rings. The van der Waals surface area contributed by atoms with E-state index in [9.17, 15) is 8.78 Å². The second-order valence-electron chi connectivity index (χ2n) is 5.10. The van der Waals surface area contributed by atoms with Crippen molar-refractivity contribution in [3.8, 4) is 0 Å². The maximum Gasteiger partial charge on any atom is 0.239 e. The Kier molecular flexibility index (Phi) is 5.12. The van der Waals surface area contributed by atoms with Gasteiger partial charge in [-0.2, -0.15) is 0 Å². The van der Waals surface area contributed by atoms with Gasteiger partial charge in [-0.15, -0.1) is 0 Å². The summed E-state index contributed by atoms with van der Waals surface area (Å²) in [7, 11) is 0. The quantitative estimate of drug-likeness (QED) is 0.846. The van der Waals surface area contributed by atoms with Crippen LogP contribution in [0, 0.1) is 0 Å². The third-order valence-electron chi connectivity index (χ3n) is 3.57. The third-order valence-corrected chi connectivity index (χ3v) is 3.57. The van der Waals surface area contributed by atoms with E-state index in [1.165, 1.54) is 24.8 Å². The van der Waals surface area contributed by atoms with Gasteiger partial charge in [0.05, 0.1) is 0 Å². The van der Waals surface area contributed by atoms with Gasteiger partial charge in [-0.3, -0.25) is 0 Å². The second-order valence-corrected chi connectivity index (χ2v) is 5.10. The van der Waals surface area contributed by atoms with Crippen LogP contribution in [0.15, 0.2) is 24.3 Å². The number of nitrogens with one attached hydrogen (secondary N) is 1. The number of hydrogen-bond acceptors (Lipinski definition) is 1. The maximum atomic E-state index is 12.1. The molecule has 0 saturated carbocycles. The van der Waals surface area contributed by atoms with E-state index in [-0.39, 0.29) is 6.42 Å². The lowest BCUT2D eigenvalue weighted by Crippen LogP contribution is -2.35. The minimum absolute atomic E-state index is 0.0382. The van der Waals surface area contributed by atoms with Gasteiger partial charge in [-0.25, -0.2) is 8.78 Å². The Balaban J connectivity index is 1.83. The van der Waals surface area contributed by atoms with Crippen molar-refractivity contribution in [3.63, 3.8) is 0 Å². The fraction of sp³-hybridized carbons (Fsp3) is 0.600. The maximum absolute atomic E-state index is 12.1. The smallest absolute Gasteiger partial charge is 0.239 e. The lowest BCUT2D eigenvalue weighted by molar-refractivity contribution is 0.138. The molecular weight excluding hydrogens is 232 g/mol. The van der Waals surface area contributed by atoms with E-state index < -0.39 is 6.43 Å². The Morgan fingerprint density at radius 2 is 1.83 bits per heavy atom. The lowest BCUT2D eigenvalue weighted by atomic mass is 9.97. The summed E-state index contributed by atoms with van der Waals surface area (Å²) in [5.41, 5.74) is 2.31. The molecule has 1 aromatic carbocycles. The average Bonchev–Trinajstić information content (AvgIpc) is 2.39. The van der Waals surface area contributed by atoms with Crippen molar-refractivity contribution in [2.75, 3.05) is 6.54 Å². The zero-order valence-electron chi connectivity index (χ0n) is 10.7. The van der Waals surface area contributed by atoms with Crippen LogP contribution in [0.25, 0.3) is 0 Å². The Morgan fingerprint density at radius 1 is 1.11 bits per heavy atom. The molecule has 1 nitrogen and oxygen atoms in total. The van der Waals surface area contributed by atoms with E-state index >= 15 is 0 Å². The average molecular weight is 253 g/mol. The molecule has 0 radical (unpaired) electrons. The Bertz CT molecular complexity index is 342. The lowest BCUT2D eigenvalue weighted by Gasteiger charge is -2.23. The molecule has 0 aromatic heterocycles. The van der Waals surface area contributed by atoms with Crippen LogP contribution in [0.5, 0.6) is 0 Å². The van der Waals surface area contributed by atoms with Crippen molar-refractivity contribution in [1.29, 1.82) is 0 Å². The first kappa shape index (κ1) is 13.5. The van der Waals surface area contributed by atoms with Crippen LogP contribution in [-0.4, -0.2) is 19.0 Å². The van der Waals surface area contributed by atoms with Crippen LogP contribution < -0.4 is 5.32 Å². The summed E-state index contributed by atoms with van der Waals surface area (Å²) in [6, 6.07) is 8.72. The Labute approximate surface area is 108 Å². The van der Waals surface area contributed by atoms with Crippen molar-refractivity contribution in [2.45, 2.75) is 51.0 Å². The summed E-state index contributed by atoms with van der Waals surface area (Å²) in [5, 5.41) is 3.52. The van der Waals surface area contributed by atoms with Gasteiger partial charge in [-0.05, 0) is 43.4 Å². The Hall–Kier alpha value is -0.960. The molecule has 1 aliphatic heterocycles. The van der Waals surface area contributed by atoms with E-state index in [1.54, 1.807) is 0 Å². The first-order valence-corrected chi connectivity index (χ1v) is 6.83. The summed E-state index contributed by atoms with van der Waals surface area (Å²) >= 11 is 0. The number of benzene rings is 1. The SMILES string of the molecule is FC(F)CCc1ccc(CC2CCCCN2)cc1. The van der Waals surface area contributed by atoms with Crippen molar-refractivity contribution in [1.82, 2.24) is 5.32 Å². The molecule has 1 aromatic rings. The number of rotatable bonds is 5. The largest absolute Gasteiger partial charge is 0.314 e. The molecule has 1 unspecified atom stereocenters. The molecule has 2 rings (SSSR count). The first-order valence-electron chi connectivity index (χ1n) is 6.83. The summed E-state index contributed by atoms with van der Waals surface area (Å²) < 4.78 is 24.2. The normalized spacial score (nSPS) is 20.3. The zero-order chi connectivity index (χ0) is 12.8. The van der Waals surface area contributed by atoms with Gasteiger partial charge < -0.3 is 5.32 Å². The number of hydrogen-bond donors (Lipinski definition) is 1. The van der Waals surface area contributed by atoms with Crippen LogP contribution >= 0.6 is 0 Å². The van der Waals surface area contributed by atoms with E-state index in [2.05, 4.69) is 17.4 Å². The summed E-state index contributed by atoms with van der Waals surface area (Å²) in [5.74, 6) is 0. The van der Waals surface area contributed by atoms with Crippen LogP contribution in [0.4, 0.5) is 8.78 Å². The summed E-state index contributed by atoms with van der Waals surface area (Å²) in [6.07, 6.45) is 3.12. The second kappa shape index (κ2) is 6.83. The van der Waals surface area contributed by atoms with Crippen LogP contribution in [0.1, 0.15) is 36.8 Å². The molecular formula is C15H21F2N. The highest BCUT2D eigenvalue weighted by Gasteiger charge is 2.12. The summed E-state index contributed by atoms with van der Waals surface area (Å²) in [4.78, 5) is 0. The molecule has 0 spiro atoms. The molecule has 0 aliphatic carbocycles. The molecule has 1 atom stereocenters. The van der Waals surface area contributed by atoms with Gasteiger partial charge in [0.25, 0.3) is 0 Å². The van der Waals surface area contributed by atoms with Crippen LogP contribution in [-0.2, 0) is 12.8 Å². The topological polar surface area (TPSA) is 12.0 Å². The van der Waals surface area contributed by atoms with E-state index in [0.717, 1.165) is 18.5 Å². The van der Waals surface area contributed by atoms with Crippen LogP contribution in [0.3, 0.4) is 0 Å². The summed E-state index contributed by atoms with van der Waals surface area (Å²) in [6.45, 7) is 1.12. The third kappa shape index (κ3) is 4.37. The molecule has 1 heterocycles. The van der Waals surface area contributed by atoms with Gasteiger partial charge >= 0.3 is 0 Å². The van der Waals surface area contributed by atoms with E-state index in [1.807, 2.05) is 12.1 Å². The molecule has 18 heavy (non-hydrogen) atoms. The predicted octanol–water partition coefficient (Wildman–Crippen LogP) is 3.57.